The van der Waals surface area contributed by atoms with Gasteiger partial charge >= 0.3 is 0 Å². The van der Waals surface area contributed by atoms with Crippen LogP contribution in [0.15, 0.2) is 48.5 Å². The Kier molecular flexibility index (Phi) is 4.69. The van der Waals surface area contributed by atoms with Crippen LogP contribution in [0.2, 0.25) is 0 Å². The van der Waals surface area contributed by atoms with Crippen LogP contribution in [0.5, 0.6) is 0 Å². The number of aliphatic hydroxyl groups is 1. The number of carbonyl (C=O) groups excluding carboxylic acids is 1. The van der Waals surface area contributed by atoms with Gasteiger partial charge in [0, 0.05) is 18.7 Å². The molecule has 0 saturated carbocycles. The molecule has 4 nitrogen and oxygen atoms in total. The zero-order valence-electron chi connectivity index (χ0n) is 12.6. The summed E-state index contributed by atoms with van der Waals surface area (Å²) in [7, 11) is 0. The SMILES string of the molecule is O=C(NC[C@@H](O)c1ccccc1F)[C@H]1Cc2ccccc2CN1. The van der Waals surface area contributed by atoms with E-state index in [9.17, 15) is 14.3 Å². The van der Waals surface area contributed by atoms with E-state index in [-0.39, 0.29) is 24.1 Å². The summed E-state index contributed by atoms with van der Waals surface area (Å²) in [4.78, 5) is 12.3. The Morgan fingerprint density at radius 3 is 2.70 bits per heavy atom. The van der Waals surface area contributed by atoms with Crippen molar-refractivity contribution in [2.24, 2.45) is 0 Å². The Labute approximate surface area is 134 Å². The van der Waals surface area contributed by atoms with Crippen molar-refractivity contribution in [2.75, 3.05) is 6.54 Å². The van der Waals surface area contributed by atoms with Crippen molar-refractivity contribution in [1.82, 2.24) is 10.6 Å². The molecule has 0 saturated heterocycles. The van der Waals surface area contributed by atoms with Crippen molar-refractivity contribution in [2.45, 2.75) is 25.1 Å². The van der Waals surface area contributed by atoms with Gasteiger partial charge in [0.15, 0.2) is 0 Å². The Hall–Kier alpha value is -2.24. The van der Waals surface area contributed by atoms with Crippen molar-refractivity contribution >= 4 is 5.91 Å². The summed E-state index contributed by atoms with van der Waals surface area (Å²) in [6.07, 6.45) is -0.450. The molecule has 1 aliphatic heterocycles. The second-order valence-corrected chi connectivity index (χ2v) is 5.69. The summed E-state index contributed by atoms with van der Waals surface area (Å²) in [6.45, 7) is 0.629. The van der Waals surface area contributed by atoms with Crippen LogP contribution in [-0.4, -0.2) is 23.6 Å². The fourth-order valence-electron chi connectivity index (χ4n) is 2.82. The molecule has 2 atom stereocenters. The maximum atomic E-state index is 13.6. The molecular weight excluding hydrogens is 295 g/mol. The van der Waals surface area contributed by atoms with E-state index < -0.39 is 11.9 Å². The van der Waals surface area contributed by atoms with Crippen LogP contribution in [-0.2, 0) is 17.8 Å². The van der Waals surface area contributed by atoms with Crippen molar-refractivity contribution in [3.05, 3.63) is 71.0 Å². The molecule has 2 aromatic carbocycles. The van der Waals surface area contributed by atoms with Crippen molar-refractivity contribution in [1.29, 1.82) is 0 Å². The number of rotatable bonds is 4. The molecule has 1 amide bonds. The minimum absolute atomic E-state index is 0.0143. The highest BCUT2D eigenvalue weighted by atomic mass is 19.1. The molecule has 3 N–H and O–H groups in total. The average Bonchev–Trinajstić information content (AvgIpc) is 2.59. The highest BCUT2D eigenvalue weighted by molar-refractivity contribution is 5.82. The lowest BCUT2D eigenvalue weighted by molar-refractivity contribution is -0.123. The quantitative estimate of drug-likeness (QED) is 0.805. The number of fused-ring (bicyclic) bond motifs is 1. The number of nitrogens with one attached hydrogen (secondary N) is 2. The molecule has 1 aliphatic rings. The maximum Gasteiger partial charge on any atom is 0.237 e. The van der Waals surface area contributed by atoms with Crippen LogP contribution in [0.25, 0.3) is 0 Å². The van der Waals surface area contributed by atoms with Gasteiger partial charge in [-0.15, -0.1) is 0 Å². The van der Waals surface area contributed by atoms with E-state index in [1.807, 2.05) is 24.3 Å². The van der Waals surface area contributed by atoms with Crippen LogP contribution >= 0.6 is 0 Å². The standard InChI is InChI=1S/C18H19FN2O2/c19-15-8-4-3-7-14(15)17(22)11-21-18(23)16-9-12-5-1-2-6-13(12)10-20-16/h1-8,16-17,20,22H,9-11H2,(H,21,23)/t16-,17-/m1/s1. The van der Waals surface area contributed by atoms with E-state index in [1.54, 1.807) is 12.1 Å². The summed E-state index contributed by atoms with van der Waals surface area (Å²) >= 11 is 0. The smallest absolute Gasteiger partial charge is 0.237 e. The van der Waals surface area contributed by atoms with Gasteiger partial charge in [0.2, 0.25) is 5.91 Å². The molecule has 0 radical (unpaired) electrons. The van der Waals surface area contributed by atoms with Crippen molar-refractivity contribution in [3.63, 3.8) is 0 Å². The monoisotopic (exact) mass is 314 g/mol. The van der Waals surface area contributed by atoms with Gasteiger partial charge in [0.25, 0.3) is 0 Å². The Morgan fingerprint density at radius 1 is 1.22 bits per heavy atom. The number of halogens is 1. The molecule has 5 heteroatoms. The Bertz CT molecular complexity index is 705. The zero-order chi connectivity index (χ0) is 16.2. The van der Waals surface area contributed by atoms with Gasteiger partial charge < -0.3 is 15.7 Å². The van der Waals surface area contributed by atoms with Gasteiger partial charge in [0.1, 0.15) is 5.82 Å². The molecule has 3 rings (SSSR count). The number of hydrogen-bond acceptors (Lipinski definition) is 3. The summed E-state index contributed by atoms with van der Waals surface area (Å²) in [5.74, 6) is -0.658. The van der Waals surface area contributed by atoms with E-state index in [1.165, 1.54) is 17.7 Å². The highest BCUT2D eigenvalue weighted by Gasteiger charge is 2.24. The lowest BCUT2D eigenvalue weighted by atomic mass is 9.95. The normalized spacial score (nSPS) is 18.1. The van der Waals surface area contributed by atoms with Gasteiger partial charge in [-0.25, -0.2) is 4.39 Å². The third-order valence-electron chi connectivity index (χ3n) is 4.13. The van der Waals surface area contributed by atoms with Crippen LogP contribution in [0.3, 0.4) is 0 Å². The molecular formula is C18H19FN2O2. The number of carbonyl (C=O) groups is 1. The average molecular weight is 314 g/mol. The first-order valence-electron chi connectivity index (χ1n) is 7.65. The minimum Gasteiger partial charge on any atom is -0.386 e. The van der Waals surface area contributed by atoms with Gasteiger partial charge in [0.05, 0.1) is 12.1 Å². The molecule has 120 valence electrons. The first-order valence-corrected chi connectivity index (χ1v) is 7.65. The molecule has 0 aromatic heterocycles. The third kappa shape index (κ3) is 3.57. The van der Waals surface area contributed by atoms with E-state index in [2.05, 4.69) is 10.6 Å². The van der Waals surface area contributed by atoms with Gasteiger partial charge in [-0.2, -0.15) is 0 Å². The van der Waals surface area contributed by atoms with Gasteiger partial charge in [-0.1, -0.05) is 42.5 Å². The van der Waals surface area contributed by atoms with E-state index >= 15 is 0 Å². The number of aliphatic hydroxyl groups excluding tert-OH is 1. The first kappa shape index (κ1) is 15.6. The lowest BCUT2D eigenvalue weighted by Gasteiger charge is -2.25. The van der Waals surface area contributed by atoms with E-state index in [0.29, 0.717) is 13.0 Å². The maximum absolute atomic E-state index is 13.6. The summed E-state index contributed by atoms with van der Waals surface area (Å²) in [6, 6.07) is 13.7. The van der Waals surface area contributed by atoms with Gasteiger partial charge in [-0.3, -0.25) is 4.79 Å². The lowest BCUT2D eigenvalue weighted by Crippen LogP contribution is -2.48. The highest BCUT2D eigenvalue weighted by Crippen LogP contribution is 2.17. The molecule has 1 heterocycles. The van der Waals surface area contributed by atoms with E-state index in [4.69, 9.17) is 0 Å². The number of benzene rings is 2. The predicted molar refractivity (Wildman–Crippen MR) is 85.1 cm³/mol. The Morgan fingerprint density at radius 2 is 1.91 bits per heavy atom. The molecule has 0 bridgehead atoms. The molecule has 0 unspecified atom stereocenters. The first-order chi connectivity index (χ1) is 11.1. The zero-order valence-corrected chi connectivity index (χ0v) is 12.6. The number of hydrogen-bond donors (Lipinski definition) is 3. The van der Waals surface area contributed by atoms with Crippen molar-refractivity contribution < 1.29 is 14.3 Å². The summed E-state index contributed by atoms with van der Waals surface area (Å²) < 4.78 is 13.6. The van der Waals surface area contributed by atoms with Crippen molar-refractivity contribution in [3.8, 4) is 0 Å². The van der Waals surface area contributed by atoms with Gasteiger partial charge in [-0.05, 0) is 23.6 Å². The topological polar surface area (TPSA) is 61.4 Å². The molecule has 0 spiro atoms. The molecule has 0 aliphatic carbocycles. The van der Waals surface area contributed by atoms with E-state index in [0.717, 1.165) is 5.56 Å². The van der Waals surface area contributed by atoms with Crippen LogP contribution < -0.4 is 10.6 Å². The van der Waals surface area contributed by atoms with Crippen LogP contribution in [0.1, 0.15) is 22.8 Å². The predicted octanol–water partition coefficient (Wildman–Crippen LogP) is 1.69. The Balaban J connectivity index is 1.57. The fourth-order valence-corrected chi connectivity index (χ4v) is 2.82. The second kappa shape index (κ2) is 6.89. The third-order valence-corrected chi connectivity index (χ3v) is 4.13. The summed E-state index contributed by atoms with van der Waals surface area (Å²) in [5, 5.41) is 15.9. The van der Waals surface area contributed by atoms with Crippen LogP contribution in [0, 0.1) is 5.82 Å². The van der Waals surface area contributed by atoms with Crippen LogP contribution in [0.4, 0.5) is 4.39 Å². The number of amides is 1. The second-order valence-electron chi connectivity index (χ2n) is 5.69. The molecule has 0 fully saturated rings. The molecule has 23 heavy (non-hydrogen) atoms. The minimum atomic E-state index is -1.06. The fraction of sp³-hybridized carbons (Fsp3) is 0.278. The molecule has 2 aromatic rings. The largest absolute Gasteiger partial charge is 0.386 e. The summed E-state index contributed by atoms with van der Waals surface area (Å²) in [5.41, 5.74) is 2.54.